The summed E-state index contributed by atoms with van der Waals surface area (Å²) in [5.41, 5.74) is 2.43. The lowest BCUT2D eigenvalue weighted by molar-refractivity contribution is 0.573. The third-order valence-corrected chi connectivity index (χ3v) is 5.00. The van der Waals surface area contributed by atoms with Gasteiger partial charge in [-0.2, -0.15) is 0 Å². The number of halogens is 2. The second-order valence-corrected chi connectivity index (χ2v) is 7.24. The number of pyridine rings is 1. The Bertz CT molecular complexity index is 762. The van der Waals surface area contributed by atoms with Gasteiger partial charge in [0.1, 0.15) is 5.82 Å². The number of hydrogen-bond acceptors (Lipinski definition) is 3. The monoisotopic (exact) mass is 513 g/mol. The van der Waals surface area contributed by atoms with E-state index in [9.17, 15) is 0 Å². The molecular formula is C21H29ClIN5. The van der Waals surface area contributed by atoms with Gasteiger partial charge in [-0.25, -0.2) is 4.98 Å². The minimum atomic E-state index is 0. The standard InChI is InChI=1S/C21H28ClN5.HI/c1-23-21(25-11-8-17-6-5-7-19(22)14-17)26-16-18-9-10-24-20(15-18)27-12-3-2-4-13-27;/h5-7,9-10,14-15H,2-4,8,11-13,16H2,1H3,(H2,23,25,26);1H. The van der Waals surface area contributed by atoms with E-state index < -0.39 is 0 Å². The van der Waals surface area contributed by atoms with Gasteiger partial charge >= 0.3 is 0 Å². The average Bonchev–Trinajstić information content (AvgIpc) is 2.71. The van der Waals surface area contributed by atoms with Gasteiger partial charge in [-0.15, -0.1) is 24.0 Å². The van der Waals surface area contributed by atoms with Gasteiger partial charge in [0, 0.05) is 44.4 Å². The number of aromatic nitrogens is 1. The summed E-state index contributed by atoms with van der Waals surface area (Å²) < 4.78 is 0. The normalized spacial score (nSPS) is 14.4. The molecule has 0 saturated carbocycles. The topological polar surface area (TPSA) is 52.6 Å². The Balaban J connectivity index is 0.00000280. The van der Waals surface area contributed by atoms with Crippen LogP contribution in [0, 0.1) is 0 Å². The molecule has 1 aromatic heterocycles. The molecule has 1 saturated heterocycles. The molecule has 1 aromatic carbocycles. The summed E-state index contributed by atoms with van der Waals surface area (Å²) in [6.07, 6.45) is 6.64. The molecule has 0 radical (unpaired) electrons. The number of aliphatic imine (C=N–C) groups is 1. The van der Waals surface area contributed by atoms with Crippen LogP contribution in [0.1, 0.15) is 30.4 Å². The van der Waals surface area contributed by atoms with Gasteiger partial charge in [-0.1, -0.05) is 23.7 Å². The van der Waals surface area contributed by atoms with Gasteiger partial charge in [-0.05, 0) is 61.1 Å². The smallest absolute Gasteiger partial charge is 0.191 e. The number of anilines is 1. The Morgan fingerprint density at radius 2 is 1.93 bits per heavy atom. The molecule has 7 heteroatoms. The summed E-state index contributed by atoms with van der Waals surface area (Å²) in [7, 11) is 1.79. The van der Waals surface area contributed by atoms with Crippen molar-refractivity contribution in [1.29, 1.82) is 0 Å². The van der Waals surface area contributed by atoms with E-state index >= 15 is 0 Å². The van der Waals surface area contributed by atoms with Crippen molar-refractivity contribution >= 4 is 47.4 Å². The highest BCUT2D eigenvalue weighted by Gasteiger charge is 2.12. The molecule has 3 rings (SSSR count). The number of rotatable bonds is 6. The SMILES string of the molecule is CN=C(NCCc1cccc(Cl)c1)NCc1ccnc(N2CCCCC2)c1.I. The van der Waals surface area contributed by atoms with Crippen LogP contribution in [0.25, 0.3) is 0 Å². The summed E-state index contributed by atoms with van der Waals surface area (Å²) in [5.74, 6) is 1.88. The zero-order valence-corrected chi connectivity index (χ0v) is 19.4. The molecule has 0 aliphatic carbocycles. The van der Waals surface area contributed by atoms with Crippen LogP contribution in [0.5, 0.6) is 0 Å². The van der Waals surface area contributed by atoms with Gasteiger partial charge in [0.25, 0.3) is 0 Å². The van der Waals surface area contributed by atoms with Gasteiger partial charge in [0.2, 0.25) is 0 Å². The van der Waals surface area contributed by atoms with Crippen molar-refractivity contribution in [2.45, 2.75) is 32.2 Å². The van der Waals surface area contributed by atoms with Crippen LogP contribution in [-0.4, -0.2) is 37.6 Å². The Kier molecular flexibility index (Phi) is 9.84. The van der Waals surface area contributed by atoms with Crippen LogP contribution < -0.4 is 15.5 Å². The number of nitrogens with one attached hydrogen (secondary N) is 2. The van der Waals surface area contributed by atoms with Gasteiger partial charge in [-0.3, -0.25) is 4.99 Å². The lowest BCUT2D eigenvalue weighted by atomic mass is 10.1. The van der Waals surface area contributed by atoms with E-state index in [1.807, 2.05) is 24.4 Å². The van der Waals surface area contributed by atoms with E-state index in [0.717, 1.165) is 49.4 Å². The molecular weight excluding hydrogens is 485 g/mol. The van der Waals surface area contributed by atoms with E-state index in [0.29, 0.717) is 0 Å². The van der Waals surface area contributed by atoms with E-state index in [1.54, 1.807) is 7.05 Å². The molecule has 2 N–H and O–H groups in total. The van der Waals surface area contributed by atoms with Crippen molar-refractivity contribution in [2.75, 3.05) is 31.6 Å². The predicted octanol–water partition coefficient (Wildman–Crippen LogP) is 4.25. The first-order chi connectivity index (χ1) is 13.2. The highest BCUT2D eigenvalue weighted by atomic mass is 127. The molecule has 1 aliphatic heterocycles. The minimum Gasteiger partial charge on any atom is -0.357 e. The first-order valence-corrected chi connectivity index (χ1v) is 10.0. The van der Waals surface area contributed by atoms with E-state index in [-0.39, 0.29) is 24.0 Å². The van der Waals surface area contributed by atoms with Crippen LogP contribution in [-0.2, 0) is 13.0 Å². The summed E-state index contributed by atoms with van der Waals surface area (Å²) in [5, 5.41) is 7.51. The molecule has 0 bridgehead atoms. The van der Waals surface area contributed by atoms with Crippen molar-refractivity contribution < 1.29 is 0 Å². The molecule has 152 valence electrons. The molecule has 0 atom stereocenters. The Labute approximate surface area is 190 Å². The maximum atomic E-state index is 6.03. The van der Waals surface area contributed by atoms with E-state index in [2.05, 4.69) is 43.7 Å². The molecule has 2 heterocycles. The largest absolute Gasteiger partial charge is 0.357 e. The van der Waals surface area contributed by atoms with E-state index in [4.69, 9.17) is 11.6 Å². The van der Waals surface area contributed by atoms with Crippen molar-refractivity contribution in [3.8, 4) is 0 Å². The van der Waals surface area contributed by atoms with Crippen LogP contribution in [0.2, 0.25) is 5.02 Å². The highest BCUT2D eigenvalue weighted by Crippen LogP contribution is 2.18. The summed E-state index contributed by atoms with van der Waals surface area (Å²) in [6, 6.07) is 12.2. The Morgan fingerprint density at radius 1 is 1.11 bits per heavy atom. The first-order valence-electron chi connectivity index (χ1n) is 9.63. The zero-order chi connectivity index (χ0) is 18.9. The second-order valence-electron chi connectivity index (χ2n) is 6.80. The van der Waals surface area contributed by atoms with E-state index in [1.165, 1.54) is 30.4 Å². The van der Waals surface area contributed by atoms with Crippen LogP contribution in [0.15, 0.2) is 47.6 Å². The number of piperidine rings is 1. The Hall–Kier alpha value is -1.54. The molecule has 0 amide bonds. The van der Waals surface area contributed by atoms with Gasteiger partial charge < -0.3 is 15.5 Å². The van der Waals surface area contributed by atoms with Crippen molar-refractivity contribution in [1.82, 2.24) is 15.6 Å². The highest BCUT2D eigenvalue weighted by molar-refractivity contribution is 14.0. The third-order valence-electron chi connectivity index (χ3n) is 4.77. The van der Waals surface area contributed by atoms with Crippen LogP contribution >= 0.6 is 35.6 Å². The lowest BCUT2D eigenvalue weighted by Gasteiger charge is -2.28. The molecule has 2 aromatic rings. The molecule has 1 aliphatic rings. The maximum absolute atomic E-state index is 6.03. The number of nitrogens with zero attached hydrogens (tertiary/aromatic N) is 3. The predicted molar refractivity (Wildman–Crippen MR) is 129 cm³/mol. The van der Waals surface area contributed by atoms with Crippen LogP contribution in [0.3, 0.4) is 0 Å². The number of hydrogen-bond donors (Lipinski definition) is 2. The van der Waals surface area contributed by atoms with Crippen molar-refractivity contribution in [3.63, 3.8) is 0 Å². The minimum absolute atomic E-state index is 0. The fraction of sp³-hybridized carbons (Fsp3) is 0.429. The molecule has 5 nitrogen and oxygen atoms in total. The van der Waals surface area contributed by atoms with Gasteiger partial charge in [0.05, 0.1) is 0 Å². The fourth-order valence-electron chi connectivity index (χ4n) is 3.29. The molecule has 0 unspecified atom stereocenters. The zero-order valence-electron chi connectivity index (χ0n) is 16.3. The average molecular weight is 514 g/mol. The first kappa shape index (κ1) is 22.7. The number of benzene rings is 1. The summed E-state index contributed by atoms with van der Waals surface area (Å²) >= 11 is 6.03. The lowest BCUT2D eigenvalue weighted by Crippen LogP contribution is -2.38. The second kappa shape index (κ2) is 12.1. The van der Waals surface area contributed by atoms with Crippen molar-refractivity contribution in [3.05, 3.63) is 58.7 Å². The van der Waals surface area contributed by atoms with Crippen molar-refractivity contribution in [2.24, 2.45) is 4.99 Å². The summed E-state index contributed by atoms with van der Waals surface area (Å²) in [4.78, 5) is 11.2. The fourth-order valence-corrected chi connectivity index (χ4v) is 3.50. The quantitative estimate of drug-likeness (QED) is 0.344. The molecule has 1 fully saturated rings. The molecule has 0 spiro atoms. The molecule has 28 heavy (non-hydrogen) atoms. The Morgan fingerprint density at radius 3 is 2.68 bits per heavy atom. The maximum Gasteiger partial charge on any atom is 0.191 e. The third kappa shape index (κ3) is 7.13. The number of guanidine groups is 1. The summed E-state index contributed by atoms with van der Waals surface area (Å²) in [6.45, 7) is 3.74. The van der Waals surface area contributed by atoms with Gasteiger partial charge in [0.15, 0.2) is 5.96 Å². The van der Waals surface area contributed by atoms with Crippen LogP contribution in [0.4, 0.5) is 5.82 Å².